The Morgan fingerprint density at radius 1 is 1.25 bits per heavy atom. The summed E-state index contributed by atoms with van der Waals surface area (Å²) >= 11 is 3.50. The monoisotopic (exact) mass is 252 g/mol. The number of nitrogens with one attached hydrogen (secondary N) is 1. The molecule has 16 heavy (non-hydrogen) atoms. The van der Waals surface area contributed by atoms with E-state index in [0.717, 1.165) is 30.9 Å². The van der Waals surface area contributed by atoms with Crippen LogP contribution in [0.25, 0.3) is 0 Å². The highest BCUT2D eigenvalue weighted by atomic mass is 32.1. The molecule has 0 atom stereocenters. The Balaban J connectivity index is 1.59. The third-order valence-corrected chi connectivity index (χ3v) is 3.95. The average molecular weight is 252 g/mol. The predicted molar refractivity (Wildman–Crippen MR) is 71.4 cm³/mol. The fourth-order valence-electron chi connectivity index (χ4n) is 1.53. The molecule has 0 saturated heterocycles. The number of hydrogen-bond donors (Lipinski definition) is 1. The van der Waals surface area contributed by atoms with Crippen molar-refractivity contribution in [2.24, 2.45) is 0 Å². The van der Waals surface area contributed by atoms with Gasteiger partial charge in [0, 0.05) is 18.3 Å². The van der Waals surface area contributed by atoms with Crippen molar-refractivity contribution in [2.45, 2.75) is 19.8 Å². The SMILES string of the molecule is Cc1nc(CCNCCc2ccsc2)cs1. The molecular formula is C12H16N2S2. The lowest BCUT2D eigenvalue weighted by atomic mass is 10.2. The maximum atomic E-state index is 4.44. The summed E-state index contributed by atoms with van der Waals surface area (Å²) in [5, 5.41) is 11.1. The Morgan fingerprint density at radius 2 is 2.12 bits per heavy atom. The van der Waals surface area contributed by atoms with Crippen molar-refractivity contribution in [1.82, 2.24) is 10.3 Å². The zero-order valence-corrected chi connectivity index (χ0v) is 11.0. The van der Waals surface area contributed by atoms with Crippen molar-refractivity contribution in [3.05, 3.63) is 38.5 Å². The number of rotatable bonds is 6. The minimum absolute atomic E-state index is 1.02. The van der Waals surface area contributed by atoms with Crippen LogP contribution in [-0.4, -0.2) is 18.1 Å². The molecular weight excluding hydrogens is 236 g/mol. The summed E-state index contributed by atoms with van der Waals surface area (Å²) in [5.41, 5.74) is 2.65. The van der Waals surface area contributed by atoms with Gasteiger partial charge in [0.25, 0.3) is 0 Å². The van der Waals surface area contributed by atoms with Crippen molar-refractivity contribution in [3.8, 4) is 0 Å². The molecule has 0 fully saturated rings. The van der Waals surface area contributed by atoms with Crippen LogP contribution in [0.5, 0.6) is 0 Å². The molecule has 86 valence electrons. The van der Waals surface area contributed by atoms with Gasteiger partial charge in [-0.05, 0) is 42.3 Å². The highest BCUT2D eigenvalue weighted by molar-refractivity contribution is 7.09. The fourth-order valence-corrected chi connectivity index (χ4v) is 2.88. The summed E-state index contributed by atoms with van der Waals surface area (Å²) in [6.45, 7) is 4.13. The van der Waals surface area contributed by atoms with E-state index in [-0.39, 0.29) is 0 Å². The van der Waals surface area contributed by atoms with Gasteiger partial charge in [0.15, 0.2) is 0 Å². The molecule has 0 aliphatic heterocycles. The van der Waals surface area contributed by atoms with Gasteiger partial charge >= 0.3 is 0 Å². The van der Waals surface area contributed by atoms with E-state index in [0.29, 0.717) is 0 Å². The van der Waals surface area contributed by atoms with E-state index in [9.17, 15) is 0 Å². The first-order chi connectivity index (χ1) is 7.84. The minimum atomic E-state index is 1.02. The maximum Gasteiger partial charge on any atom is 0.0897 e. The number of aromatic nitrogens is 1. The maximum absolute atomic E-state index is 4.44. The highest BCUT2D eigenvalue weighted by Gasteiger charge is 1.97. The second-order valence-corrected chi connectivity index (χ2v) is 5.58. The average Bonchev–Trinajstić information content (AvgIpc) is 2.89. The molecule has 2 aromatic rings. The largest absolute Gasteiger partial charge is 0.316 e. The van der Waals surface area contributed by atoms with Gasteiger partial charge in [0.05, 0.1) is 10.7 Å². The molecule has 2 heterocycles. The number of thiophene rings is 1. The lowest BCUT2D eigenvalue weighted by Gasteiger charge is -2.01. The van der Waals surface area contributed by atoms with E-state index in [4.69, 9.17) is 0 Å². The molecule has 0 saturated carbocycles. The summed E-state index contributed by atoms with van der Waals surface area (Å²) in [6, 6.07) is 2.19. The number of aryl methyl sites for hydroxylation is 1. The van der Waals surface area contributed by atoms with Crippen LogP contribution >= 0.6 is 22.7 Å². The molecule has 1 N–H and O–H groups in total. The van der Waals surface area contributed by atoms with Gasteiger partial charge in [-0.1, -0.05) is 0 Å². The Kier molecular flexibility index (Phi) is 4.51. The van der Waals surface area contributed by atoms with Crippen molar-refractivity contribution in [2.75, 3.05) is 13.1 Å². The minimum Gasteiger partial charge on any atom is -0.316 e. The van der Waals surface area contributed by atoms with E-state index in [1.807, 2.05) is 0 Å². The summed E-state index contributed by atoms with van der Waals surface area (Å²) in [5.74, 6) is 0. The summed E-state index contributed by atoms with van der Waals surface area (Å²) in [4.78, 5) is 4.44. The van der Waals surface area contributed by atoms with Crippen LogP contribution in [0.3, 0.4) is 0 Å². The fraction of sp³-hybridized carbons (Fsp3) is 0.417. The molecule has 0 amide bonds. The van der Waals surface area contributed by atoms with Crippen LogP contribution < -0.4 is 5.32 Å². The first kappa shape index (κ1) is 11.8. The second-order valence-electron chi connectivity index (χ2n) is 3.74. The van der Waals surface area contributed by atoms with Crippen LogP contribution in [0.4, 0.5) is 0 Å². The smallest absolute Gasteiger partial charge is 0.0897 e. The molecule has 0 bridgehead atoms. The molecule has 0 radical (unpaired) electrons. The Morgan fingerprint density at radius 3 is 2.81 bits per heavy atom. The third-order valence-electron chi connectivity index (χ3n) is 2.40. The Bertz CT molecular complexity index is 406. The first-order valence-electron chi connectivity index (χ1n) is 5.47. The molecule has 0 aliphatic carbocycles. The molecule has 2 aromatic heterocycles. The predicted octanol–water partition coefficient (Wildman–Crippen LogP) is 2.89. The molecule has 2 nitrogen and oxygen atoms in total. The van der Waals surface area contributed by atoms with E-state index in [2.05, 4.69) is 39.4 Å². The quantitative estimate of drug-likeness (QED) is 0.800. The van der Waals surface area contributed by atoms with Gasteiger partial charge in [0.1, 0.15) is 0 Å². The van der Waals surface area contributed by atoms with Crippen molar-refractivity contribution in [1.29, 1.82) is 0 Å². The summed E-state index contributed by atoms with van der Waals surface area (Å²) < 4.78 is 0. The topological polar surface area (TPSA) is 24.9 Å². The Labute approximate surface area is 104 Å². The highest BCUT2D eigenvalue weighted by Crippen LogP contribution is 2.08. The first-order valence-corrected chi connectivity index (χ1v) is 7.29. The van der Waals surface area contributed by atoms with Crippen molar-refractivity contribution < 1.29 is 0 Å². The van der Waals surface area contributed by atoms with Gasteiger partial charge in [-0.3, -0.25) is 0 Å². The van der Waals surface area contributed by atoms with Crippen molar-refractivity contribution in [3.63, 3.8) is 0 Å². The standard InChI is InChI=1S/C12H16N2S2/c1-10-14-12(9-16-10)3-6-13-5-2-11-4-7-15-8-11/h4,7-9,13H,2-3,5-6H2,1H3. The van der Waals surface area contributed by atoms with Gasteiger partial charge in [0.2, 0.25) is 0 Å². The van der Waals surface area contributed by atoms with Crippen LogP contribution in [-0.2, 0) is 12.8 Å². The third kappa shape index (κ3) is 3.70. The molecule has 0 aliphatic rings. The molecule has 0 aromatic carbocycles. The normalized spacial score (nSPS) is 10.8. The van der Waals surface area contributed by atoms with E-state index in [1.165, 1.54) is 11.3 Å². The van der Waals surface area contributed by atoms with Gasteiger partial charge in [-0.25, -0.2) is 4.98 Å². The van der Waals surface area contributed by atoms with Gasteiger partial charge in [-0.15, -0.1) is 11.3 Å². The van der Waals surface area contributed by atoms with E-state index in [1.54, 1.807) is 22.7 Å². The lowest BCUT2D eigenvalue weighted by Crippen LogP contribution is -2.20. The Hall–Kier alpha value is -0.710. The molecule has 2 rings (SSSR count). The van der Waals surface area contributed by atoms with Gasteiger partial charge < -0.3 is 5.32 Å². The zero-order valence-electron chi connectivity index (χ0n) is 9.40. The lowest BCUT2D eigenvalue weighted by molar-refractivity contribution is 0.677. The summed E-state index contributed by atoms with van der Waals surface area (Å²) in [7, 11) is 0. The number of thiazole rings is 1. The molecule has 0 unspecified atom stereocenters. The molecule has 0 spiro atoms. The van der Waals surface area contributed by atoms with Gasteiger partial charge in [-0.2, -0.15) is 11.3 Å². The second kappa shape index (κ2) is 6.13. The zero-order chi connectivity index (χ0) is 11.2. The van der Waals surface area contributed by atoms with E-state index >= 15 is 0 Å². The van der Waals surface area contributed by atoms with Crippen LogP contribution in [0.15, 0.2) is 22.2 Å². The van der Waals surface area contributed by atoms with Crippen LogP contribution in [0.1, 0.15) is 16.3 Å². The van der Waals surface area contributed by atoms with Crippen LogP contribution in [0.2, 0.25) is 0 Å². The number of nitrogens with zero attached hydrogens (tertiary/aromatic N) is 1. The summed E-state index contributed by atoms with van der Waals surface area (Å²) in [6.07, 6.45) is 2.16. The van der Waals surface area contributed by atoms with Crippen molar-refractivity contribution >= 4 is 22.7 Å². The number of hydrogen-bond acceptors (Lipinski definition) is 4. The van der Waals surface area contributed by atoms with Crippen LogP contribution in [0, 0.1) is 6.92 Å². The molecule has 4 heteroatoms. The van der Waals surface area contributed by atoms with E-state index < -0.39 is 0 Å².